The molecule has 6 nitrogen and oxygen atoms in total. The van der Waals surface area contributed by atoms with Crippen molar-refractivity contribution in [2.45, 2.75) is 27.0 Å². The molecular formula is C18H20ClN3O3. The van der Waals surface area contributed by atoms with Gasteiger partial charge in [-0.05, 0) is 49.2 Å². The highest BCUT2D eigenvalue weighted by Gasteiger charge is 2.07. The monoisotopic (exact) mass is 361 g/mol. The third-order valence-electron chi connectivity index (χ3n) is 3.43. The zero-order valence-corrected chi connectivity index (χ0v) is 15.1. The van der Waals surface area contributed by atoms with E-state index in [4.69, 9.17) is 16.4 Å². The van der Waals surface area contributed by atoms with Gasteiger partial charge in [-0.25, -0.2) is 4.79 Å². The van der Waals surface area contributed by atoms with Crippen molar-refractivity contribution in [2.75, 3.05) is 7.11 Å². The maximum absolute atomic E-state index is 11.2. The fraction of sp³-hybridized carbons (Fsp3) is 0.278. The lowest BCUT2D eigenvalue weighted by Crippen LogP contribution is -2.22. The van der Waals surface area contributed by atoms with Gasteiger partial charge in [-0.1, -0.05) is 28.9 Å². The van der Waals surface area contributed by atoms with E-state index in [1.807, 2.05) is 44.2 Å². The first kappa shape index (κ1) is 18.7. The highest BCUT2D eigenvalue weighted by molar-refractivity contribution is 6.31. The van der Waals surface area contributed by atoms with E-state index in [9.17, 15) is 4.79 Å². The zero-order chi connectivity index (χ0) is 18.2. The molecule has 132 valence electrons. The summed E-state index contributed by atoms with van der Waals surface area (Å²) in [5, 5.41) is 7.28. The molecule has 2 rings (SSSR count). The molecule has 2 aromatic rings. The second-order valence-electron chi connectivity index (χ2n) is 5.37. The Hall–Kier alpha value is -2.60. The van der Waals surface area contributed by atoms with Crippen LogP contribution in [0.2, 0.25) is 5.02 Å². The van der Waals surface area contributed by atoms with Crippen LogP contribution < -0.4 is 5.32 Å². The highest BCUT2D eigenvalue weighted by atomic mass is 35.5. The van der Waals surface area contributed by atoms with E-state index in [0.717, 1.165) is 22.5 Å². The van der Waals surface area contributed by atoms with Crippen LogP contribution in [-0.4, -0.2) is 23.9 Å². The van der Waals surface area contributed by atoms with Crippen LogP contribution in [-0.2, 0) is 22.7 Å². The van der Waals surface area contributed by atoms with Gasteiger partial charge in [0.1, 0.15) is 0 Å². The second-order valence-corrected chi connectivity index (χ2v) is 5.78. The van der Waals surface area contributed by atoms with Gasteiger partial charge in [0.2, 0.25) is 0 Å². The number of hydrogen-bond acceptors (Lipinski definition) is 5. The molecule has 0 fully saturated rings. The quantitative estimate of drug-likeness (QED) is 0.626. The van der Waals surface area contributed by atoms with E-state index in [1.54, 1.807) is 6.07 Å². The number of carbonyl (C=O) groups is 1. The van der Waals surface area contributed by atoms with Gasteiger partial charge < -0.3 is 14.9 Å². The minimum Gasteiger partial charge on any atom is -0.453 e. The van der Waals surface area contributed by atoms with Crippen molar-refractivity contribution in [1.82, 2.24) is 10.3 Å². The first-order chi connectivity index (χ1) is 12.0. The summed E-state index contributed by atoms with van der Waals surface area (Å²) >= 11 is 6.16. The summed E-state index contributed by atoms with van der Waals surface area (Å²) in [6.45, 7) is 4.32. The van der Waals surface area contributed by atoms with Crippen LogP contribution in [0.25, 0.3) is 0 Å². The lowest BCUT2D eigenvalue weighted by atomic mass is 10.1. The van der Waals surface area contributed by atoms with Crippen molar-refractivity contribution in [3.8, 4) is 0 Å². The summed E-state index contributed by atoms with van der Waals surface area (Å²) in [4.78, 5) is 20.9. The average molecular weight is 362 g/mol. The van der Waals surface area contributed by atoms with E-state index < -0.39 is 6.09 Å². The lowest BCUT2D eigenvalue weighted by Gasteiger charge is -2.09. The number of nitrogens with one attached hydrogen (secondary N) is 1. The van der Waals surface area contributed by atoms with Crippen molar-refractivity contribution in [3.05, 3.63) is 63.9 Å². The number of rotatable bonds is 6. The van der Waals surface area contributed by atoms with Gasteiger partial charge >= 0.3 is 6.09 Å². The molecular weight excluding hydrogens is 342 g/mol. The third kappa shape index (κ3) is 5.76. The van der Waals surface area contributed by atoms with Crippen molar-refractivity contribution in [1.29, 1.82) is 0 Å². The molecule has 0 atom stereocenters. The molecule has 0 aliphatic rings. The number of benzene rings is 1. The summed E-state index contributed by atoms with van der Waals surface area (Å²) in [6.07, 6.45) is -0.513. The normalized spacial score (nSPS) is 11.1. The fourth-order valence-corrected chi connectivity index (χ4v) is 2.29. The molecule has 1 aromatic carbocycles. The van der Waals surface area contributed by atoms with E-state index in [1.165, 1.54) is 7.11 Å². The fourth-order valence-electron chi connectivity index (χ4n) is 2.10. The topological polar surface area (TPSA) is 72.8 Å². The molecule has 25 heavy (non-hydrogen) atoms. The molecule has 1 aromatic heterocycles. The van der Waals surface area contributed by atoms with Crippen LogP contribution in [0.1, 0.15) is 29.4 Å². The molecule has 0 saturated heterocycles. The summed E-state index contributed by atoms with van der Waals surface area (Å²) in [5.41, 5.74) is 4.06. The molecule has 1 amide bonds. The number of aryl methyl sites for hydroxylation is 1. The number of ether oxygens (including phenoxy) is 1. The molecule has 0 saturated carbocycles. The molecule has 7 heteroatoms. The molecule has 0 bridgehead atoms. The Balaban J connectivity index is 2.02. The number of nitrogens with zero attached hydrogens (tertiary/aromatic N) is 2. The van der Waals surface area contributed by atoms with Crippen LogP contribution in [0.5, 0.6) is 0 Å². The molecule has 1 N–H and O–H groups in total. The summed E-state index contributed by atoms with van der Waals surface area (Å²) in [5.74, 6) is 0. The second kappa shape index (κ2) is 9.03. The van der Waals surface area contributed by atoms with Gasteiger partial charge in [0.25, 0.3) is 0 Å². The van der Waals surface area contributed by atoms with Crippen LogP contribution in [0.3, 0.4) is 0 Å². The first-order valence-corrected chi connectivity index (χ1v) is 8.07. The Morgan fingerprint density at radius 1 is 1.32 bits per heavy atom. The maximum atomic E-state index is 11.2. The zero-order valence-electron chi connectivity index (χ0n) is 14.4. The van der Waals surface area contributed by atoms with Gasteiger partial charge in [-0.2, -0.15) is 0 Å². The molecule has 0 radical (unpaired) electrons. The van der Waals surface area contributed by atoms with Crippen LogP contribution >= 0.6 is 11.6 Å². The maximum Gasteiger partial charge on any atom is 0.407 e. The highest BCUT2D eigenvalue weighted by Crippen LogP contribution is 2.18. The van der Waals surface area contributed by atoms with Crippen LogP contribution in [0, 0.1) is 6.92 Å². The first-order valence-electron chi connectivity index (χ1n) is 7.69. The van der Waals surface area contributed by atoms with Crippen LogP contribution in [0.15, 0.2) is 41.6 Å². The number of carbonyl (C=O) groups excluding carboxylic acids is 1. The summed E-state index contributed by atoms with van der Waals surface area (Å²) < 4.78 is 4.55. The SMILES string of the molecule is COC(=O)NCc1cc(C(C)=NOCc2cccc(C)n2)ccc1Cl. The number of methoxy groups -OCH3 is 1. The third-order valence-corrected chi connectivity index (χ3v) is 3.80. The number of halogens is 1. The van der Waals surface area contributed by atoms with E-state index in [2.05, 4.69) is 20.2 Å². The van der Waals surface area contributed by atoms with Gasteiger partial charge in [0.05, 0.1) is 18.5 Å². The molecule has 1 heterocycles. The van der Waals surface area contributed by atoms with Gasteiger partial charge in [0.15, 0.2) is 6.61 Å². The average Bonchev–Trinajstić information content (AvgIpc) is 2.60. The predicted molar refractivity (Wildman–Crippen MR) is 96.7 cm³/mol. The Labute approximate surface area is 151 Å². The van der Waals surface area contributed by atoms with Gasteiger partial charge in [-0.3, -0.25) is 4.98 Å². The molecule has 0 aliphatic heterocycles. The lowest BCUT2D eigenvalue weighted by molar-refractivity contribution is 0.127. The smallest absolute Gasteiger partial charge is 0.407 e. The number of oxime groups is 1. The van der Waals surface area contributed by atoms with E-state index in [-0.39, 0.29) is 6.54 Å². The van der Waals surface area contributed by atoms with E-state index in [0.29, 0.717) is 17.3 Å². The molecule has 0 unspecified atom stereocenters. The molecule has 0 spiro atoms. The largest absolute Gasteiger partial charge is 0.453 e. The summed E-state index contributed by atoms with van der Waals surface area (Å²) in [7, 11) is 1.31. The Morgan fingerprint density at radius 2 is 2.12 bits per heavy atom. The van der Waals surface area contributed by atoms with Crippen molar-refractivity contribution < 1.29 is 14.4 Å². The van der Waals surface area contributed by atoms with Gasteiger partial charge in [0, 0.05) is 17.3 Å². The number of hydrogen-bond donors (Lipinski definition) is 1. The Morgan fingerprint density at radius 3 is 2.84 bits per heavy atom. The minimum atomic E-state index is -0.513. The number of amides is 1. The van der Waals surface area contributed by atoms with E-state index >= 15 is 0 Å². The van der Waals surface area contributed by atoms with Crippen molar-refractivity contribution in [2.24, 2.45) is 5.16 Å². The number of aromatic nitrogens is 1. The minimum absolute atomic E-state index is 0.265. The summed E-state index contributed by atoms with van der Waals surface area (Å²) in [6, 6.07) is 11.2. The Kier molecular flexibility index (Phi) is 6.77. The van der Waals surface area contributed by atoms with Crippen molar-refractivity contribution in [3.63, 3.8) is 0 Å². The molecule has 0 aliphatic carbocycles. The van der Waals surface area contributed by atoms with Crippen molar-refractivity contribution >= 4 is 23.4 Å². The van der Waals surface area contributed by atoms with Crippen LogP contribution in [0.4, 0.5) is 4.79 Å². The standard InChI is InChI=1S/C18H20ClN3O3/c1-12-5-4-6-16(21-12)11-25-22-13(2)14-7-8-17(19)15(9-14)10-20-18(23)24-3/h4-9H,10-11H2,1-3H3,(H,20,23). The van der Waals surface area contributed by atoms with Gasteiger partial charge in [-0.15, -0.1) is 0 Å². The Bertz CT molecular complexity index is 778. The predicted octanol–water partition coefficient (Wildman–Crippen LogP) is 3.84. The number of alkyl carbamates (subject to hydrolysis) is 1. The number of pyridine rings is 1.